The van der Waals surface area contributed by atoms with Crippen LogP contribution in [0.1, 0.15) is 22.8 Å². The summed E-state index contributed by atoms with van der Waals surface area (Å²) in [7, 11) is 0. The normalized spacial score (nSPS) is 17.5. The zero-order valence-corrected chi connectivity index (χ0v) is 14.8. The summed E-state index contributed by atoms with van der Waals surface area (Å²) in [5, 5.41) is 0. The Bertz CT molecular complexity index is 679. The minimum absolute atomic E-state index is 0.0519. The zero-order valence-electron chi connectivity index (χ0n) is 11.6. The standard InChI is InChI=1S/C17H15Br2NO/c1-11-6-12-4-2-3-5-16(12)20(10-11)17(21)13-7-14(18)9-15(19)8-13/h2-5,7-9,11H,6,10H2,1H3. The van der Waals surface area contributed by atoms with Crippen molar-refractivity contribution >= 4 is 43.5 Å². The largest absolute Gasteiger partial charge is 0.308 e. The van der Waals surface area contributed by atoms with Crippen molar-refractivity contribution in [3.8, 4) is 0 Å². The van der Waals surface area contributed by atoms with Crippen LogP contribution in [0.2, 0.25) is 0 Å². The lowest BCUT2D eigenvalue weighted by atomic mass is 9.93. The molecule has 1 aliphatic heterocycles. The molecule has 1 aliphatic rings. The van der Waals surface area contributed by atoms with Crippen LogP contribution in [-0.2, 0) is 6.42 Å². The van der Waals surface area contributed by atoms with Gasteiger partial charge in [0.1, 0.15) is 0 Å². The van der Waals surface area contributed by atoms with Crippen molar-refractivity contribution in [1.29, 1.82) is 0 Å². The molecule has 0 aromatic heterocycles. The van der Waals surface area contributed by atoms with Gasteiger partial charge in [-0.15, -0.1) is 0 Å². The minimum Gasteiger partial charge on any atom is -0.308 e. The van der Waals surface area contributed by atoms with Gasteiger partial charge in [0, 0.05) is 26.7 Å². The van der Waals surface area contributed by atoms with Gasteiger partial charge in [0.2, 0.25) is 0 Å². The summed E-state index contributed by atoms with van der Waals surface area (Å²) in [6.07, 6.45) is 1.03. The molecule has 2 aromatic carbocycles. The summed E-state index contributed by atoms with van der Waals surface area (Å²) in [6.45, 7) is 2.95. The van der Waals surface area contributed by atoms with E-state index in [1.54, 1.807) is 0 Å². The Morgan fingerprint density at radius 2 is 1.81 bits per heavy atom. The fourth-order valence-electron chi connectivity index (χ4n) is 2.82. The number of rotatable bonds is 1. The highest BCUT2D eigenvalue weighted by Crippen LogP contribution is 2.31. The average molecular weight is 409 g/mol. The maximum atomic E-state index is 12.9. The number of anilines is 1. The summed E-state index contributed by atoms with van der Waals surface area (Å²) in [5.74, 6) is 0.524. The summed E-state index contributed by atoms with van der Waals surface area (Å²) >= 11 is 6.90. The smallest absolute Gasteiger partial charge is 0.258 e. The quantitative estimate of drug-likeness (QED) is 0.646. The van der Waals surface area contributed by atoms with Gasteiger partial charge in [-0.1, -0.05) is 57.0 Å². The highest BCUT2D eigenvalue weighted by molar-refractivity contribution is 9.11. The van der Waals surface area contributed by atoms with E-state index < -0.39 is 0 Å². The van der Waals surface area contributed by atoms with Gasteiger partial charge in [-0.2, -0.15) is 0 Å². The number of halogens is 2. The SMILES string of the molecule is CC1Cc2ccccc2N(C(=O)c2cc(Br)cc(Br)c2)C1. The molecule has 1 amide bonds. The summed E-state index contributed by atoms with van der Waals surface area (Å²) < 4.78 is 1.80. The first-order valence-electron chi connectivity index (χ1n) is 6.90. The maximum absolute atomic E-state index is 12.9. The van der Waals surface area contributed by atoms with Gasteiger partial charge in [0.25, 0.3) is 5.91 Å². The third-order valence-electron chi connectivity index (χ3n) is 3.70. The molecule has 1 unspecified atom stereocenters. The molecular weight excluding hydrogens is 394 g/mol. The molecule has 2 nitrogen and oxygen atoms in total. The van der Waals surface area contributed by atoms with Crippen LogP contribution in [-0.4, -0.2) is 12.5 Å². The summed E-state index contributed by atoms with van der Waals surface area (Å²) in [6, 6.07) is 13.9. The number of carbonyl (C=O) groups is 1. The Morgan fingerprint density at radius 3 is 2.52 bits per heavy atom. The van der Waals surface area contributed by atoms with E-state index in [-0.39, 0.29) is 5.91 Å². The van der Waals surface area contributed by atoms with E-state index in [4.69, 9.17) is 0 Å². The van der Waals surface area contributed by atoms with Crippen LogP contribution >= 0.6 is 31.9 Å². The Balaban J connectivity index is 2.02. The molecule has 21 heavy (non-hydrogen) atoms. The van der Waals surface area contributed by atoms with Crippen LogP contribution in [0.3, 0.4) is 0 Å². The number of benzene rings is 2. The van der Waals surface area contributed by atoms with E-state index >= 15 is 0 Å². The van der Waals surface area contributed by atoms with E-state index in [9.17, 15) is 4.79 Å². The van der Waals surface area contributed by atoms with Crippen molar-refractivity contribution in [3.63, 3.8) is 0 Å². The second kappa shape index (κ2) is 5.93. The summed E-state index contributed by atoms with van der Waals surface area (Å²) in [5.41, 5.74) is 2.98. The number of nitrogens with zero attached hydrogens (tertiary/aromatic N) is 1. The van der Waals surface area contributed by atoms with Crippen LogP contribution < -0.4 is 4.90 Å². The molecule has 0 fully saturated rings. The first kappa shape index (κ1) is 14.8. The minimum atomic E-state index is 0.0519. The molecule has 0 radical (unpaired) electrons. The molecule has 108 valence electrons. The fourth-order valence-corrected chi connectivity index (χ4v) is 4.12. The second-order valence-electron chi connectivity index (χ2n) is 5.51. The predicted molar refractivity (Wildman–Crippen MR) is 92.8 cm³/mol. The molecule has 4 heteroatoms. The van der Waals surface area contributed by atoms with Crippen LogP contribution in [0.15, 0.2) is 51.4 Å². The van der Waals surface area contributed by atoms with Crippen molar-refractivity contribution in [2.75, 3.05) is 11.4 Å². The number of fused-ring (bicyclic) bond motifs is 1. The van der Waals surface area contributed by atoms with Crippen LogP contribution in [0, 0.1) is 5.92 Å². The van der Waals surface area contributed by atoms with Gasteiger partial charge < -0.3 is 4.90 Å². The molecule has 0 bridgehead atoms. The lowest BCUT2D eigenvalue weighted by Crippen LogP contribution is -2.39. The topological polar surface area (TPSA) is 20.3 Å². The molecule has 0 saturated carbocycles. The molecule has 1 atom stereocenters. The van der Waals surface area contributed by atoms with Gasteiger partial charge in [-0.3, -0.25) is 4.79 Å². The molecule has 3 rings (SSSR count). The number of para-hydroxylation sites is 1. The third-order valence-corrected chi connectivity index (χ3v) is 4.62. The second-order valence-corrected chi connectivity index (χ2v) is 7.34. The first-order chi connectivity index (χ1) is 10.0. The molecule has 0 saturated heterocycles. The molecule has 0 spiro atoms. The van der Waals surface area contributed by atoms with E-state index in [1.807, 2.05) is 41.3 Å². The molecule has 1 heterocycles. The summed E-state index contributed by atoms with van der Waals surface area (Å²) in [4.78, 5) is 14.8. The zero-order chi connectivity index (χ0) is 15.0. The fraction of sp³-hybridized carbons (Fsp3) is 0.235. The number of hydrogen-bond donors (Lipinski definition) is 0. The molecule has 0 N–H and O–H groups in total. The van der Waals surface area contributed by atoms with E-state index in [1.165, 1.54) is 5.56 Å². The van der Waals surface area contributed by atoms with Gasteiger partial charge in [0.15, 0.2) is 0 Å². The number of carbonyl (C=O) groups excluding carboxylic acids is 1. The van der Waals surface area contributed by atoms with Crippen LogP contribution in [0.25, 0.3) is 0 Å². The first-order valence-corrected chi connectivity index (χ1v) is 8.49. The molecule has 0 aliphatic carbocycles. The third kappa shape index (κ3) is 3.06. The van der Waals surface area contributed by atoms with Gasteiger partial charge in [0.05, 0.1) is 0 Å². The van der Waals surface area contributed by atoms with Crippen molar-refractivity contribution < 1.29 is 4.79 Å². The molecular formula is C17H15Br2NO. The highest BCUT2D eigenvalue weighted by atomic mass is 79.9. The predicted octanol–water partition coefficient (Wildman–Crippen LogP) is 5.05. The monoisotopic (exact) mass is 407 g/mol. The van der Waals surface area contributed by atoms with Gasteiger partial charge in [-0.05, 0) is 42.2 Å². The van der Waals surface area contributed by atoms with Crippen molar-refractivity contribution in [3.05, 3.63) is 62.5 Å². The number of hydrogen-bond acceptors (Lipinski definition) is 1. The Kier molecular flexibility index (Phi) is 4.18. The molecule has 2 aromatic rings. The van der Waals surface area contributed by atoms with Gasteiger partial charge in [-0.25, -0.2) is 0 Å². The Morgan fingerprint density at radius 1 is 1.14 bits per heavy atom. The van der Waals surface area contributed by atoms with Gasteiger partial charge >= 0.3 is 0 Å². The van der Waals surface area contributed by atoms with E-state index in [2.05, 4.69) is 44.8 Å². The Labute approximate surface area is 141 Å². The maximum Gasteiger partial charge on any atom is 0.258 e. The highest BCUT2D eigenvalue weighted by Gasteiger charge is 2.27. The van der Waals surface area contributed by atoms with E-state index in [0.29, 0.717) is 11.5 Å². The average Bonchev–Trinajstić information content (AvgIpc) is 2.44. The lowest BCUT2D eigenvalue weighted by Gasteiger charge is -2.33. The van der Waals surface area contributed by atoms with E-state index in [0.717, 1.165) is 27.6 Å². The van der Waals surface area contributed by atoms with Crippen molar-refractivity contribution in [1.82, 2.24) is 0 Å². The lowest BCUT2D eigenvalue weighted by molar-refractivity contribution is 0.0981. The van der Waals surface area contributed by atoms with Crippen LogP contribution in [0.4, 0.5) is 5.69 Å². The van der Waals surface area contributed by atoms with Crippen LogP contribution in [0.5, 0.6) is 0 Å². The van der Waals surface area contributed by atoms with Crippen molar-refractivity contribution in [2.45, 2.75) is 13.3 Å². The number of amides is 1. The Hall–Kier alpha value is -1.13. The van der Waals surface area contributed by atoms with Crippen molar-refractivity contribution in [2.24, 2.45) is 5.92 Å².